The van der Waals surface area contributed by atoms with Gasteiger partial charge in [0.2, 0.25) is 0 Å². The molecule has 0 aliphatic carbocycles. The number of aromatic nitrogens is 2. The molecule has 3 aromatic rings. The van der Waals surface area contributed by atoms with E-state index in [2.05, 4.69) is 71.4 Å². The number of nitrogens with zero attached hydrogens (tertiary/aromatic N) is 3. The Balaban J connectivity index is 1.87. The van der Waals surface area contributed by atoms with Crippen LogP contribution in [0.1, 0.15) is 11.1 Å². The molecule has 0 unspecified atom stereocenters. The number of hydrogen-bond donors (Lipinski definition) is 0. The van der Waals surface area contributed by atoms with E-state index in [1.807, 2.05) is 0 Å². The zero-order valence-corrected chi connectivity index (χ0v) is 14.1. The largest absolute Gasteiger partial charge is 0.378 e. The first-order chi connectivity index (χ1) is 11.7. The van der Waals surface area contributed by atoms with Gasteiger partial charge in [-0.3, -0.25) is 0 Å². The van der Waals surface area contributed by atoms with Crippen molar-refractivity contribution in [1.82, 2.24) is 10.2 Å². The number of rotatable bonds is 2. The Hall–Kier alpha value is -2.46. The van der Waals surface area contributed by atoms with Gasteiger partial charge in [-0.05, 0) is 31.0 Å². The third-order valence-electron chi connectivity index (χ3n) is 4.76. The summed E-state index contributed by atoms with van der Waals surface area (Å²) in [6.07, 6.45) is 0. The summed E-state index contributed by atoms with van der Waals surface area (Å²) in [4.78, 5) is 2.27. The summed E-state index contributed by atoms with van der Waals surface area (Å²) >= 11 is 0. The van der Waals surface area contributed by atoms with Gasteiger partial charge in [-0.15, -0.1) is 10.2 Å². The topological polar surface area (TPSA) is 38.2 Å². The van der Waals surface area contributed by atoms with Crippen molar-refractivity contribution in [2.75, 3.05) is 31.2 Å². The van der Waals surface area contributed by atoms with E-state index >= 15 is 0 Å². The highest BCUT2D eigenvalue weighted by Crippen LogP contribution is 2.32. The second-order valence-electron chi connectivity index (χ2n) is 6.32. The van der Waals surface area contributed by atoms with Crippen molar-refractivity contribution in [3.8, 4) is 11.3 Å². The number of aryl methyl sites for hydroxylation is 2. The Kier molecular flexibility index (Phi) is 3.90. The molecule has 0 N–H and O–H groups in total. The van der Waals surface area contributed by atoms with E-state index in [1.165, 1.54) is 11.1 Å². The molecule has 1 aliphatic rings. The van der Waals surface area contributed by atoms with Crippen LogP contribution >= 0.6 is 0 Å². The highest BCUT2D eigenvalue weighted by molar-refractivity contribution is 6.00. The van der Waals surface area contributed by atoms with Crippen LogP contribution < -0.4 is 4.90 Å². The summed E-state index contributed by atoms with van der Waals surface area (Å²) in [5, 5.41) is 11.5. The van der Waals surface area contributed by atoms with Crippen LogP contribution in [-0.2, 0) is 4.74 Å². The quantitative estimate of drug-likeness (QED) is 0.721. The Morgan fingerprint density at radius 1 is 0.875 bits per heavy atom. The van der Waals surface area contributed by atoms with Gasteiger partial charge >= 0.3 is 0 Å². The minimum Gasteiger partial charge on any atom is -0.378 e. The Morgan fingerprint density at radius 3 is 2.38 bits per heavy atom. The maximum absolute atomic E-state index is 5.46. The minimum atomic E-state index is 0.745. The lowest BCUT2D eigenvalue weighted by atomic mass is 10.0. The number of anilines is 1. The second kappa shape index (κ2) is 6.21. The third kappa shape index (κ3) is 2.63. The summed E-state index contributed by atoms with van der Waals surface area (Å²) in [5.74, 6) is 0.960. The molecule has 0 bridgehead atoms. The molecule has 0 spiro atoms. The van der Waals surface area contributed by atoms with E-state index in [0.717, 1.165) is 54.2 Å². The van der Waals surface area contributed by atoms with Crippen LogP contribution in [-0.4, -0.2) is 36.5 Å². The van der Waals surface area contributed by atoms with E-state index in [0.29, 0.717) is 0 Å². The molecular weight excluding hydrogens is 298 g/mol. The van der Waals surface area contributed by atoms with Gasteiger partial charge in [0.15, 0.2) is 5.82 Å². The predicted molar refractivity (Wildman–Crippen MR) is 97.5 cm³/mol. The van der Waals surface area contributed by atoms with Crippen LogP contribution in [0.3, 0.4) is 0 Å². The van der Waals surface area contributed by atoms with E-state index in [-0.39, 0.29) is 0 Å². The highest BCUT2D eigenvalue weighted by atomic mass is 16.5. The zero-order chi connectivity index (χ0) is 16.5. The molecule has 122 valence electrons. The maximum Gasteiger partial charge on any atom is 0.159 e. The van der Waals surface area contributed by atoms with Crippen molar-refractivity contribution in [2.45, 2.75) is 13.8 Å². The molecule has 4 heteroatoms. The fraction of sp³-hybridized carbons (Fsp3) is 0.300. The molecule has 4 nitrogen and oxygen atoms in total. The molecular formula is C20H21N3O. The Labute approximate surface area is 142 Å². The van der Waals surface area contributed by atoms with Gasteiger partial charge in [0.25, 0.3) is 0 Å². The fourth-order valence-corrected chi connectivity index (χ4v) is 3.20. The van der Waals surface area contributed by atoms with Crippen molar-refractivity contribution in [3.05, 3.63) is 53.6 Å². The van der Waals surface area contributed by atoms with Gasteiger partial charge < -0.3 is 9.64 Å². The molecule has 2 heterocycles. The lowest BCUT2D eigenvalue weighted by Gasteiger charge is -2.28. The lowest BCUT2D eigenvalue weighted by molar-refractivity contribution is 0.122. The average Bonchev–Trinajstić information content (AvgIpc) is 2.64. The van der Waals surface area contributed by atoms with Gasteiger partial charge in [0.1, 0.15) is 5.69 Å². The standard InChI is InChI=1S/C20H21N3O/c1-14-7-8-16(13-15(14)2)19-17-5-3-4-6-18(17)20(22-21-19)23-9-11-24-12-10-23/h3-8,13H,9-12H2,1-2H3. The lowest BCUT2D eigenvalue weighted by Crippen LogP contribution is -2.37. The van der Waals surface area contributed by atoms with E-state index in [1.54, 1.807) is 0 Å². The first-order valence-corrected chi connectivity index (χ1v) is 8.40. The van der Waals surface area contributed by atoms with Crippen LogP contribution in [0.15, 0.2) is 42.5 Å². The van der Waals surface area contributed by atoms with Gasteiger partial charge in [-0.1, -0.05) is 36.4 Å². The van der Waals surface area contributed by atoms with E-state index < -0.39 is 0 Å². The molecule has 24 heavy (non-hydrogen) atoms. The van der Waals surface area contributed by atoms with Crippen molar-refractivity contribution in [2.24, 2.45) is 0 Å². The van der Waals surface area contributed by atoms with Crippen molar-refractivity contribution in [1.29, 1.82) is 0 Å². The number of fused-ring (bicyclic) bond motifs is 1. The predicted octanol–water partition coefficient (Wildman–Crippen LogP) is 3.75. The Morgan fingerprint density at radius 2 is 1.62 bits per heavy atom. The number of ether oxygens (including phenoxy) is 1. The summed E-state index contributed by atoms with van der Waals surface area (Å²) in [7, 11) is 0. The number of morpholine rings is 1. The van der Waals surface area contributed by atoms with Gasteiger partial charge in [-0.2, -0.15) is 0 Å². The SMILES string of the molecule is Cc1ccc(-c2nnc(N3CCOCC3)c3ccccc23)cc1C. The molecule has 0 amide bonds. The molecule has 2 aromatic carbocycles. The molecule has 1 aromatic heterocycles. The molecule has 4 rings (SSSR count). The fourth-order valence-electron chi connectivity index (χ4n) is 3.20. The molecule has 1 saturated heterocycles. The van der Waals surface area contributed by atoms with Crippen LogP contribution in [0.2, 0.25) is 0 Å². The summed E-state index contributed by atoms with van der Waals surface area (Å²) in [5.41, 5.74) is 4.64. The molecule has 0 saturated carbocycles. The number of benzene rings is 2. The van der Waals surface area contributed by atoms with Gasteiger partial charge in [0.05, 0.1) is 13.2 Å². The third-order valence-corrected chi connectivity index (χ3v) is 4.76. The Bertz CT molecular complexity index is 885. The maximum atomic E-state index is 5.46. The molecule has 0 atom stereocenters. The smallest absolute Gasteiger partial charge is 0.159 e. The minimum absolute atomic E-state index is 0.745. The van der Waals surface area contributed by atoms with Crippen LogP contribution in [0, 0.1) is 13.8 Å². The first kappa shape index (κ1) is 15.1. The normalized spacial score (nSPS) is 15.0. The van der Waals surface area contributed by atoms with E-state index in [9.17, 15) is 0 Å². The first-order valence-electron chi connectivity index (χ1n) is 8.40. The van der Waals surface area contributed by atoms with Crippen LogP contribution in [0.4, 0.5) is 5.82 Å². The van der Waals surface area contributed by atoms with Crippen molar-refractivity contribution in [3.63, 3.8) is 0 Å². The monoisotopic (exact) mass is 319 g/mol. The summed E-state index contributed by atoms with van der Waals surface area (Å²) in [6, 6.07) is 14.9. The van der Waals surface area contributed by atoms with E-state index in [4.69, 9.17) is 4.74 Å². The average molecular weight is 319 g/mol. The zero-order valence-electron chi connectivity index (χ0n) is 14.1. The van der Waals surface area contributed by atoms with Crippen molar-refractivity contribution < 1.29 is 4.74 Å². The molecule has 0 radical (unpaired) electrons. The summed E-state index contributed by atoms with van der Waals surface area (Å²) < 4.78 is 5.46. The molecule has 1 aliphatic heterocycles. The molecule has 1 fully saturated rings. The van der Waals surface area contributed by atoms with Crippen LogP contribution in [0.5, 0.6) is 0 Å². The number of hydrogen-bond acceptors (Lipinski definition) is 4. The summed E-state index contributed by atoms with van der Waals surface area (Å²) in [6.45, 7) is 7.48. The second-order valence-corrected chi connectivity index (χ2v) is 6.32. The van der Waals surface area contributed by atoms with Crippen molar-refractivity contribution >= 4 is 16.6 Å². The van der Waals surface area contributed by atoms with Gasteiger partial charge in [-0.25, -0.2) is 0 Å². The van der Waals surface area contributed by atoms with Gasteiger partial charge in [0, 0.05) is 29.4 Å². The highest BCUT2D eigenvalue weighted by Gasteiger charge is 2.18. The van der Waals surface area contributed by atoms with Crippen LogP contribution in [0.25, 0.3) is 22.0 Å².